The first kappa shape index (κ1) is 12.6. The second kappa shape index (κ2) is 5.18. The summed E-state index contributed by atoms with van der Waals surface area (Å²) in [5, 5.41) is 8.70. The fourth-order valence-corrected chi connectivity index (χ4v) is 2.58. The van der Waals surface area contributed by atoms with Crippen molar-refractivity contribution in [3.05, 3.63) is 29.6 Å². The highest BCUT2D eigenvalue weighted by Gasteiger charge is 2.26. The molecule has 0 spiro atoms. The molecule has 0 bridgehead atoms. The molecule has 0 N–H and O–H groups in total. The van der Waals surface area contributed by atoms with Crippen molar-refractivity contribution in [2.24, 2.45) is 11.8 Å². The molecule has 0 aromatic carbocycles. The number of hydrogen-bond donors (Lipinski definition) is 0. The third kappa shape index (κ3) is 2.67. The van der Waals surface area contributed by atoms with Crippen molar-refractivity contribution in [3.63, 3.8) is 0 Å². The SMILES string of the molecule is CC1CC(C)CN(C(=O)c2ccc(C#N)cn2)C1. The van der Waals surface area contributed by atoms with Gasteiger partial charge < -0.3 is 4.90 Å². The summed E-state index contributed by atoms with van der Waals surface area (Å²) < 4.78 is 0. The van der Waals surface area contributed by atoms with E-state index < -0.39 is 0 Å². The Bertz CT molecular complexity index is 465. The van der Waals surface area contributed by atoms with E-state index in [2.05, 4.69) is 18.8 Å². The third-order valence-corrected chi connectivity index (χ3v) is 3.27. The van der Waals surface area contributed by atoms with Crippen molar-refractivity contribution in [1.82, 2.24) is 9.88 Å². The normalized spacial score (nSPS) is 23.5. The maximum atomic E-state index is 12.3. The summed E-state index contributed by atoms with van der Waals surface area (Å²) >= 11 is 0. The second-order valence-electron chi connectivity index (χ2n) is 5.20. The molecular weight excluding hydrogens is 226 g/mol. The van der Waals surface area contributed by atoms with Crippen LogP contribution in [0.5, 0.6) is 0 Å². The van der Waals surface area contributed by atoms with Crippen LogP contribution in [0.15, 0.2) is 18.3 Å². The minimum absolute atomic E-state index is 0.0297. The molecular formula is C14H17N3O. The van der Waals surface area contributed by atoms with Crippen molar-refractivity contribution in [3.8, 4) is 6.07 Å². The number of aromatic nitrogens is 1. The zero-order chi connectivity index (χ0) is 13.1. The summed E-state index contributed by atoms with van der Waals surface area (Å²) in [5.74, 6) is 1.05. The first-order valence-electron chi connectivity index (χ1n) is 6.25. The van der Waals surface area contributed by atoms with Crippen LogP contribution in [0.25, 0.3) is 0 Å². The van der Waals surface area contributed by atoms with Gasteiger partial charge in [-0.05, 0) is 30.4 Å². The summed E-state index contributed by atoms with van der Waals surface area (Å²) in [6, 6.07) is 5.27. The van der Waals surface area contributed by atoms with Gasteiger partial charge in [0.05, 0.1) is 5.56 Å². The van der Waals surface area contributed by atoms with Crippen LogP contribution in [0.2, 0.25) is 0 Å². The van der Waals surface area contributed by atoms with Crippen LogP contribution in [0.4, 0.5) is 0 Å². The van der Waals surface area contributed by atoms with E-state index in [0.29, 0.717) is 23.1 Å². The highest BCUT2D eigenvalue weighted by molar-refractivity contribution is 5.92. The van der Waals surface area contributed by atoms with Gasteiger partial charge in [0, 0.05) is 19.3 Å². The largest absolute Gasteiger partial charge is 0.337 e. The van der Waals surface area contributed by atoms with Crippen LogP contribution in [0.3, 0.4) is 0 Å². The fourth-order valence-electron chi connectivity index (χ4n) is 2.58. The Morgan fingerprint density at radius 1 is 1.39 bits per heavy atom. The monoisotopic (exact) mass is 243 g/mol. The number of likely N-dealkylation sites (tertiary alicyclic amines) is 1. The van der Waals surface area contributed by atoms with Crippen molar-refractivity contribution < 1.29 is 4.79 Å². The number of amides is 1. The van der Waals surface area contributed by atoms with Gasteiger partial charge in [-0.1, -0.05) is 13.8 Å². The lowest BCUT2D eigenvalue weighted by atomic mass is 9.92. The number of carbonyl (C=O) groups excluding carboxylic acids is 1. The number of hydrogen-bond acceptors (Lipinski definition) is 3. The molecule has 0 aliphatic carbocycles. The van der Waals surface area contributed by atoms with Gasteiger partial charge in [-0.2, -0.15) is 5.26 Å². The average Bonchev–Trinajstić information content (AvgIpc) is 2.37. The van der Waals surface area contributed by atoms with Crippen molar-refractivity contribution >= 4 is 5.91 Å². The quantitative estimate of drug-likeness (QED) is 0.758. The minimum atomic E-state index is -0.0297. The highest BCUT2D eigenvalue weighted by atomic mass is 16.2. The third-order valence-electron chi connectivity index (χ3n) is 3.27. The van der Waals surface area contributed by atoms with Gasteiger partial charge in [-0.3, -0.25) is 4.79 Å². The number of rotatable bonds is 1. The van der Waals surface area contributed by atoms with Crippen molar-refractivity contribution in [2.45, 2.75) is 20.3 Å². The van der Waals surface area contributed by atoms with Crippen LogP contribution in [0, 0.1) is 23.2 Å². The van der Waals surface area contributed by atoms with Gasteiger partial charge in [0.2, 0.25) is 0 Å². The lowest BCUT2D eigenvalue weighted by molar-refractivity contribution is 0.0617. The molecule has 2 atom stereocenters. The number of nitriles is 1. The molecule has 1 aromatic rings. The number of carbonyl (C=O) groups is 1. The van der Waals surface area contributed by atoms with Crippen LogP contribution in [0.1, 0.15) is 36.3 Å². The summed E-state index contributed by atoms with van der Waals surface area (Å²) in [5.41, 5.74) is 0.905. The number of nitrogens with zero attached hydrogens (tertiary/aromatic N) is 3. The maximum Gasteiger partial charge on any atom is 0.272 e. The molecule has 0 saturated carbocycles. The van der Waals surface area contributed by atoms with Gasteiger partial charge in [-0.25, -0.2) is 4.98 Å². The molecule has 1 amide bonds. The Balaban J connectivity index is 2.12. The summed E-state index contributed by atoms with van der Waals surface area (Å²) in [6.45, 7) is 5.93. The van der Waals surface area contributed by atoms with E-state index in [-0.39, 0.29) is 5.91 Å². The Kier molecular flexibility index (Phi) is 3.61. The van der Waals surface area contributed by atoms with E-state index in [4.69, 9.17) is 5.26 Å². The first-order chi connectivity index (χ1) is 8.60. The zero-order valence-electron chi connectivity index (χ0n) is 10.8. The smallest absolute Gasteiger partial charge is 0.272 e. The Morgan fingerprint density at radius 2 is 2.06 bits per heavy atom. The maximum absolute atomic E-state index is 12.3. The molecule has 1 aliphatic rings. The van der Waals surface area contributed by atoms with Crippen LogP contribution in [-0.2, 0) is 0 Å². The Hall–Kier alpha value is -1.89. The highest BCUT2D eigenvalue weighted by Crippen LogP contribution is 2.22. The van der Waals surface area contributed by atoms with Gasteiger partial charge in [0.1, 0.15) is 11.8 Å². The predicted octanol–water partition coefficient (Wildman–Crippen LogP) is 2.07. The zero-order valence-corrected chi connectivity index (χ0v) is 10.8. The van der Waals surface area contributed by atoms with Gasteiger partial charge in [0.25, 0.3) is 5.91 Å². The number of pyridine rings is 1. The lowest BCUT2D eigenvalue weighted by Crippen LogP contribution is -2.42. The molecule has 4 heteroatoms. The molecule has 1 saturated heterocycles. The Labute approximate surface area is 107 Å². The average molecular weight is 243 g/mol. The molecule has 4 nitrogen and oxygen atoms in total. The molecule has 1 aromatic heterocycles. The second-order valence-corrected chi connectivity index (χ2v) is 5.20. The molecule has 0 radical (unpaired) electrons. The molecule has 1 aliphatic heterocycles. The van der Waals surface area contributed by atoms with E-state index in [1.165, 1.54) is 12.6 Å². The van der Waals surface area contributed by atoms with E-state index in [1.807, 2.05) is 11.0 Å². The molecule has 18 heavy (non-hydrogen) atoms. The minimum Gasteiger partial charge on any atom is -0.337 e. The summed E-state index contributed by atoms with van der Waals surface area (Å²) in [7, 11) is 0. The van der Waals surface area contributed by atoms with E-state index in [0.717, 1.165) is 13.1 Å². The van der Waals surface area contributed by atoms with Crippen LogP contribution < -0.4 is 0 Å². The summed E-state index contributed by atoms with van der Waals surface area (Å²) in [4.78, 5) is 18.2. The van der Waals surface area contributed by atoms with E-state index in [1.54, 1.807) is 12.1 Å². The molecule has 1 fully saturated rings. The van der Waals surface area contributed by atoms with Crippen LogP contribution in [-0.4, -0.2) is 28.9 Å². The molecule has 94 valence electrons. The van der Waals surface area contributed by atoms with Crippen molar-refractivity contribution in [2.75, 3.05) is 13.1 Å². The van der Waals surface area contributed by atoms with Gasteiger partial charge in [0.15, 0.2) is 0 Å². The van der Waals surface area contributed by atoms with Gasteiger partial charge >= 0.3 is 0 Å². The van der Waals surface area contributed by atoms with Crippen molar-refractivity contribution in [1.29, 1.82) is 5.26 Å². The molecule has 2 rings (SSSR count). The summed E-state index contributed by atoms with van der Waals surface area (Å²) in [6.07, 6.45) is 2.62. The fraction of sp³-hybridized carbons (Fsp3) is 0.500. The standard InChI is InChI=1S/C14H17N3O/c1-10-5-11(2)9-17(8-10)14(18)13-4-3-12(6-15)7-16-13/h3-4,7,10-11H,5,8-9H2,1-2H3. The molecule has 2 heterocycles. The van der Waals surface area contributed by atoms with E-state index in [9.17, 15) is 4.79 Å². The van der Waals surface area contributed by atoms with E-state index >= 15 is 0 Å². The molecule has 2 unspecified atom stereocenters. The predicted molar refractivity (Wildman–Crippen MR) is 67.8 cm³/mol. The lowest BCUT2D eigenvalue weighted by Gasteiger charge is -2.34. The number of piperidine rings is 1. The van der Waals surface area contributed by atoms with Crippen LogP contribution >= 0.6 is 0 Å². The topological polar surface area (TPSA) is 57.0 Å². The van der Waals surface area contributed by atoms with Gasteiger partial charge in [-0.15, -0.1) is 0 Å². The Morgan fingerprint density at radius 3 is 2.56 bits per heavy atom. The first-order valence-corrected chi connectivity index (χ1v) is 6.25.